The monoisotopic (exact) mass is 215 g/mol. The van der Waals surface area contributed by atoms with Crippen LogP contribution in [0.15, 0.2) is 0 Å². The number of nitrogens with one attached hydrogen (secondary N) is 1. The van der Waals surface area contributed by atoms with Crippen molar-refractivity contribution in [3.8, 4) is 0 Å². The van der Waals surface area contributed by atoms with Crippen molar-refractivity contribution in [2.75, 3.05) is 6.54 Å². The highest BCUT2D eigenvalue weighted by Gasteiger charge is 2.11. The van der Waals surface area contributed by atoms with Gasteiger partial charge in [-0.15, -0.1) is 0 Å². The number of carboxylic acid groups (broad SMARTS) is 1. The van der Waals surface area contributed by atoms with Crippen molar-refractivity contribution < 1.29 is 14.7 Å². The van der Waals surface area contributed by atoms with Crippen molar-refractivity contribution >= 4 is 11.9 Å². The zero-order valence-corrected chi connectivity index (χ0v) is 9.75. The molecule has 1 amide bonds. The molecule has 15 heavy (non-hydrogen) atoms. The molecule has 1 unspecified atom stereocenters. The van der Waals surface area contributed by atoms with E-state index >= 15 is 0 Å². The van der Waals surface area contributed by atoms with Gasteiger partial charge in [-0.05, 0) is 18.3 Å². The molecule has 88 valence electrons. The lowest BCUT2D eigenvalue weighted by atomic mass is 9.94. The van der Waals surface area contributed by atoms with Gasteiger partial charge in [-0.2, -0.15) is 0 Å². The Morgan fingerprint density at radius 1 is 1.27 bits per heavy atom. The fourth-order valence-electron chi connectivity index (χ4n) is 1.07. The number of carboxylic acids is 1. The zero-order valence-electron chi connectivity index (χ0n) is 9.75. The molecular weight excluding hydrogens is 194 g/mol. The summed E-state index contributed by atoms with van der Waals surface area (Å²) >= 11 is 0. The zero-order chi connectivity index (χ0) is 11.8. The van der Waals surface area contributed by atoms with Gasteiger partial charge in [0, 0.05) is 19.4 Å². The van der Waals surface area contributed by atoms with Gasteiger partial charge in [0.1, 0.15) is 0 Å². The Kier molecular flexibility index (Phi) is 6.75. The summed E-state index contributed by atoms with van der Waals surface area (Å²) in [7, 11) is 0. The summed E-state index contributed by atoms with van der Waals surface area (Å²) in [4.78, 5) is 21.5. The predicted octanol–water partition coefficient (Wildman–Crippen LogP) is 1.65. The first kappa shape index (κ1) is 13.9. The van der Waals surface area contributed by atoms with E-state index in [0.717, 1.165) is 0 Å². The van der Waals surface area contributed by atoms with E-state index in [1.54, 1.807) is 0 Å². The summed E-state index contributed by atoms with van der Waals surface area (Å²) < 4.78 is 0. The highest BCUT2D eigenvalue weighted by molar-refractivity contribution is 5.76. The summed E-state index contributed by atoms with van der Waals surface area (Å²) in [5.41, 5.74) is 0. The van der Waals surface area contributed by atoms with Gasteiger partial charge in [0.25, 0.3) is 0 Å². The lowest BCUT2D eigenvalue weighted by Gasteiger charge is -2.14. The Labute approximate surface area is 91.1 Å². The fourth-order valence-corrected chi connectivity index (χ4v) is 1.07. The topological polar surface area (TPSA) is 66.4 Å². The second-order valence-electron chi connectivity index (χ2n) is 4.27. The van der Waals surface area contributed by atoms with Crippen LogP contribution in [0.5, 0.6) is 0 Å². The molecule has 0 aromatic rings. The van der Waals surface area contributed by atoms with Crippen molar-refractivity contribution in [2.45, 2.75) is 40.0 Å². The molecule has 0 radical (unpaired) electrons. The summed E-state index contributed by atoms with van der Waals surface area (Å²) in [6, 6.07) is 0. The minimum absolute atomic E-state index is 0.0154. The normalized spacial score (nSPS) is 12.5. The van der Waals surface area contributed by atoms with Crippen LogP contribution in [0.2, 0.25) is 0 Å². The Bertz CT molecular complexity index is 214. The molecule has 0 saturated carbocycles. The van der Waals surface area contributed by atoms with E-state index in [1.165, 1.54) is 0 Å². The van der Waals surface area contributed by atoms with Gasteiger partial charge in [0.15, 0.2) is 0 Å². The van der Waals surface area contributed by atoms with Crippen LogP contribution in [-0.2, 0) is 9.59 Å². The van der Waals surface area contributed by atoms with Crippen molar-refractivity contribution in [1.29, 1.82) is 0 Å². The fraction of sp³-hybridized carbons (Fsp3) is 0.818. The maximum absolute atomic E-state index is 11.3. The number of carbonyl (C=O) groups is 2. The molecule has 0 rings (SSSR count). The average molecular weight is 215 g/mol. The molecule has 1 atom stereocenters. The van der Waals surface area contributed by atoms with E-state index in [0.29, 0.717) is 31.2 Å². The second-order valence-corrected chi connectivity index (χ2v) is 4.27. The van der Waals surface area contributed by atoms with Crippen molar-refractivity contribution in [2.24, 2.45) is 11.8 Å². The molecule has 0 aliphatic heterocycles. The van der Waals surface area contributed by atoms with Gasteiger partial charge in [-0.3, -0.25) is 9.59 Å². The van der Waals surface area contributed by atoms with Crippen LogP contribution in [0.3, 0.4) is 0 Å². The Morgan fingerprint density at radius 2 is 1.87 bits per heavy atom. The Balaban J connectivity index is 3.53. The van der Waals surface area contributed by atoms with Gasteiger partial charge >= 0.3 is 5.97 Å². The number of carbonyl (C=O) groups excluding carboxylic acids is 1. The minimum atomic E-state index is -0.820. The molecule has 0 fully saturated rings. The number of aliphatic carboxylic acids is 1. The Hall–Kier alpha value is -1.06. The first-order valence-corrected chi connectivity index (χ1v) is 5.42. The molecule has 0 aliphatic carbocycles. The number of hydrogen-bond acceptors (Lipinski definition) is 2. The summed E-state index contributed by atoms with van der Waals surface area (Å²) in [5.74, 6) is 0.0561. The summed E-state index contributed by atoms with van der Waals surface area (Å²) in [6.45, 7) is 6.67. The van der Waals surface area contributed by atoms with Gasteiger partial charge in [0.05, 0.1) is 0 Å². The number of rotatable bonds is 7. The molecule has 4 heteroatoms. The second kappa shape index (κ2) is 7.26. The number of amides is 1. The molecule has 0 saturated heterocycles. The summed E-state index contributed by atoms with van der Waals surface area (Å²) in [5, 5.41) is 11.1. The third-order valence-electron chi connectivity index (χ3n) is 2.54. The van der Waals surface area contributed by atoms with E-state index in [-0.39, 0.29) is 12.3 Å². The molecule has 0 aliphatic rings. The van der Waals surface area contributed by atoms with Crippen LogP contribution in [0.25, 0.3) is 0 Å². The molecule has 0 aromatic heterocycles. The molecule has 0 heterocycles. The van der Waals surface area contributed by atoms with Crippen molar-refractivity contribution in [1.82, 2.24) is 5.32 Å². The van der Waals surface area contributed by atoms with Crippen LogP contribution in [0.4, 0.5) is 0 Å². The molecule has 4 nitrogen and oxygen atoms in total. The van der Waals surface area contributed by atoms with E-state index < -0.39 is 5.97 Å². The van der Waals surface area contributed by atoms with Gasteiger partial charge in [0.2, 0.25) is 5.91 Å². The van der Waals surface area contributed by atoms with Crippen LogP contribution < -0.4 is 5.32 Å². The predicted molar refractivity (Wildman–Crippen MR) is 58.5 cm³/mol. The van der Waals surface area contributed by atoms with Crippen LogP contribution >= 0.6 is 0 Å². The van der Waals surface area contributed by atoms with Crippen LogP contribution in [0.1, 0.15) is 40.0 Å². The highest BCUT2D eigenvalue weighted by Crippen LogP contribution is 2.13. The third-order valence-corrected chi connectivity index (χ3v) is 2.54. The lowest BCUT2D eigenvalue weighted by Crippen LogP contribution is -2.27. The maximum atomic E-state index is 11.3. The lowest BCUT2D eigenvalue weighted by molar-refractivity contribution is -0.137. The largest absolute Gasteiger partial charge is 0.481 e. The van der Waals surface area contributed by atoms with E-state index in [9.17, 15) is 9.59 Å². The quantitative estimate of drug-likeness (QED) is 0.634. The standard InChI is InChI=1S/C11H21NO3/c1-8(2)9(3)7-10(13)12-6-4-5-11(14)15/h8-9H,4-7H2,1-3H3,(H,12,13)(H,14,15). The van der Waals surface area contributed by atoms with E-state index in [2.05, 4.69) is 19.2 Å². The van der Waals surface area contributed by atoms with E-state index in [1.807, 2.05) is 6.92 Å². The molecule has 0 aromatic carbocycles. The first-order chi connectivity index (χ1) is 6.93. The molecular formula is C11H21NO3. The van der Waals surface area contributed by atoms with Crippen LogP contribution in [0, 0.1) is 11.8 Å². The smallest absolute Gasteiger partial charge is 0.303 e. The highest BCUT2D eigenvalue weighted by atomic mass is 16.4. The van der Waals surface area contributed by atoms with Crippen molar-refractivity contribution in [3.05, 3.63) is 0 Å². The van der Waals surface area contributed by atoms with Gasteiger partial charge < -0.3 is 10.4 Å². The maximum Gasteiger partial charge on any atom is 0.303 e. The molecule has 0 spiro atoms. The summed E-state index contributed by atoms with van der Waals surface area (Å²) in [6.07, 6.45) is 1.13. The van der Waals surface area contributed by atoms with Gasteiger partial charge in [-0.1, -0.05) is 20.8 Å². The molecule has 2 N–H and O–H groups in total. The minimum Gasteiger partial charge on any atom is -0.481 e. The first-order valence-electron chi connectivity index (χ1n) is 5.42. The third kappa shape index (κ3) is 7.97. The van der Waals surface area contributed by atoms with Gasteiger partial charge in [-0.25, -0.2) is 0 Å². The molecule has 0 bridgehead atoms. The average Bonchev–Trinajstić information content (AvgIpc) is 2.12. The van der Waals surface area contributed by atoms with E-state index in [4.69, 9.17) is 5.11 Å². The number of hydrogen-bond donors (Lipinski definition) is 2. The Morgan fingerprint density at radius 3 is 2.33 bits per heavy atom. The van der Waals surface area contributed by atoms with Crippen molar-refractivity contribution in [3.63, 3.8) is 0 Å². The SMILES string of the molecule is CC(C)C(C)CC(=O)NCCCC(=O)O. The van der Waals surface area contributed by atoms with Crippen LogP contribution in [-0.4, -0.2) is 23.5 Å².